The van der Waals surface area contributed by atoms with Gasteiger partial charge in [0.2, 0.25) is 0 Å². The molecular formula is C19H20N2O2. The Hall–Kier alpha value is -2.62. The van der Waals surface area contributed by atoms with Gasteiger partial charge in [-0.05, 0) is 50.1 Å². The van der Waals surface area contributed by atoms with Crippen LogP contribution in [0.4, 0.5) is 0 Å². The summed E-state index contributed by atoms with van der Waals surface area (Å²) in [6.45, 7) is 6.59. The van der Waals surface area contributed by atoms with E-state index in [9.17, 15) is 4.79 Å². The Balaban J connectivity index is 2.22. The molecule has 0 unspecified atom stereocenters. The number of carbonyl (C=O) groups is 1. The molecule has 0 saturated heterocycles. The van der Waals surface area contributed by atoms with Crippen LogP contribution in [0, 0.1) is 20.8 Å². The molecule has 0 bridgehead atoms. The molecule has 23 heavy (non-hydrogen) atoms. The first kappa shape index (κ1) is 15.3. The first-order valence-electron chi connectivity index (χ1n) is 7.72. The molecule has 0 aliphatic heterocycles. The van der Waals surface area contributed by atoms with E-state index in [0.717, 1.165) is 28.0 Å². The molecule has 0 saturated carbocycles. The maximum absolute atomic E-state index is 11.0. The van der Waals surface area contributed by atoms with E-state index in [1.54, 1.807) is 0 Å². The van der Waals surface area contributed by atoms with Gasteiger partial charge in [-0.1, -0.05) is 23.8 Å². The monoisotopic (exact) mass is 308 g/mol. The zero-order valence-electron chi connectivity index (χ0n) is 13.6. The molecule has 118 valence electrons. The summed E-state index contributed by atoms with van der Waals surface area (Å²) in [6.07, 6.45) is 0.0806. The van der Waals surface area contributed by atoms with Crippen LogP contribution in [0.5, 0.6) is 0 Å². The largest absolute Gasteiger partial charge is 0.481 e. The van der Waals surface area contributed by atoms with Gasteiger partial charge in [-0.3, -0.25) is 4.79 Å². The van der Waals surface area contributed by atoms with Gasteiger partial charge < -0.3 is 9.67 Å². The van der Waals surface area contributed by atoms with Crippen LogP contribution in [-0.4, -0.2) is 20.6 Å². The molecule has 0 aliphatic carbocycles. The lowest BCUT2D eigenvalue weighted by Gasteiger charge is -2.09. The Bertz CT molecular complexity index is 894. The third kappa shape index (κ3) is 2.97. The molecule has 4 heteroatoms. The van der Waals surface area contributed by atoms with E-state index >= 15 is 0 Å². The fourth-order valence-electron chi connectivity index (χ4n) is 2.82. The number of rotatable bonds is 4. The van der Waals surface area contributed by atoms with Crippen molar-refractivity contribution in [1.82, 2.24) is 9.55 Å². The lowest BCUT2D eigenvalue weighted by Crippen LogP contribution is -2.06. The Morgan fingerprint density at radius 2 is 1.87 bits per heavy atom. The minimum absolute atomic E-state index is 0.0806. The van der Waals surface area contributed by atoms with Crippen LogP contribution in [0.3, 0.4) is 0 Å². The van der Waals surface area contributed by atoms with Gasteiger partial charge in [0.15, 0.2) is 0 Å². The summed E-state index contributed by atoms with van der Waals surface area (Å²) in [6, 6.07) is 12.3. The second kappa shape index (κ2) is 5.88. The Kier molecular flexibility index (Phi) is 3.90. The number of imidazole rings is 1. The summed E-state index contributed by atoms with van der Waals surface area (Å²) < 4.78 is 2.02. The van der Waals surface area contributed by atoms with Crippen LogP contribution in [0.15, 0.2) is 36.4 Å². The lowest BCUT2D eigenvalue weighted by molar-refractivity contribution is -0.137. The molecule has 2 aromatic carbocycles. The first-order valence-corrected chi connectivity index (χ1v) is 7.72. The summed E-state index contributed by atoms with van der Waals surface area (Å²) in [5.74, 6) is 0.0285. The fourth-order valence-corrected chi connectivity index (χ4v) is 2.82. The van der Waals surface area contributed by atoms with E-state index < -0.39 is 5.97 Å². The molecule has 0 spiro atoms. The normalized spacial score (nSPS) is 11.1. The summed E-state index contributed by atoms with van der Waals surface area (Å²) >= 11 is 0. The average Bonchev–Trinajstić information content (AvgIpc) is 2.83. The second-order valence-electron chi connectivity index (χ2n) is 6.03. The van der Waals surface area contributed by atoms with Gasteiger partial charge >= 0.3 is 5.97 Å². The molecule has 3 aromatic rings. The predicted octanol–water partition coefficient (Wildman–Crippen LogP) is 4.10. The van der Waals surface area contributed by atoms with Crippen LogP contribution in [0.1, 0.15) is 23.1 Å². The topological polar surface area (TPSA) is 55.1 Å². The van der Waals surface area contributed by atoms with Crippen molar-refractivity contribution in [1.29, 1.82) is 0 Å². The zero-order valence-corrected chi connectivity index (χ0v) is 13.6. The minimum atomic E-state index is -0.800. The summed E-state index contributed by atoms with van der Waals surface area (Å²) in [5.41, 5.74) is 6.45. The molecule has 1 N–H and O–H groups in total. The summed E-state index contributed by atoms with van der Waals surface area (Å²) in [7, 11) is 0. The van der Waals surface area contributed by atoms with Gasteiger partial charge in [0, 0.05) is 12.1 Å². The number of aromatic nitrogens is 2. The van der Waals surface area contributed by atoms with Crippen molar-refractivity contribution < 1.29 is 9.90 Å². The van der Waals surface area contributed by atoms with Crippen LogP contribution < -0.4 is 0 Å². The maximum atomic E-state index is 11.0. The van der Waals surface area contributed by atoms with Gasteiger partial charge in [0.1, 0.15) is 5.82 Å². The third-order valence-electron chi connectivity index (χ3n) is 4.19. The predicted molar refractivity (Wildman–Crippen MR) is 91.6 cm³/mol. The van der Waals surface area contributed by atoms with E-state index in [2.05, 4.69) is 32.0 Å². The fraction of sp³-hybridized carbons (Fsp3) is 0.263. The number of hydrogen-bond acceptors (Lipinski definition) is 2. The van der Waals surface area contributed by atoms with Gasteiger partial charge in [0.25, 0.3) is 0 Å². The lowest BCUT2D eigenvalue weighted by atomic mass is 10.1. The molecule has 0 fully saturated rings. The summed E-state index contributed by atoms with van der Waals surface area (Å²) in [4.78, 5) is 15.8. The number of benzene rings is 2. The number of carboxylic acids is 1. The molecule has 0 amide bonds. The van der Waals surface area contributed by atoms with Crippen molar-refractivity contribution in [3.05, 3.63) is 53.1 Å². The van der Waals surface area contributed by atoms with Crippen molar-refractivity contribution >= 4 is 17.0 Å². The van der Waals surface area contributed by atoms with E-state index in [1.807, 2.05) is 29.7 Å². The Labute approximate surface area is 135 Å². The van der Waals surface area contributed by atoms with Crippen molar-refractivity contribution in [3.63, 3.8) is 0 Å². The third-order valence-corrected chi connectivity index (χ3v) is 4.19. The van der Waals surface area contributed by atoms with Crippen molar-refractivity contribution in [3.8, 4) is 11.4 Å². The highest BCUT2D eigenvalue weighted by Gasteiger charge is 2.14. The number of aliphatic carboxylic acids is 1. The molecule has 1 aromatic heterocycles. The van der Waals surface area contributed by atoms with Crippen LogP contribution in [0.25, 0.3) is 22.4 Å². The van der Waals surface area contributed by atoms with E-state index in [0.29, 0.717) is 6.54 Å². The standard InChI is InChI=1S/C19H20N2O2/c1-12-5-4-6-15(9-12)19-20-16-10-13(2)14(3)11-17(16)21(19)8-7-18(22)23/h4-6,9-11H,7-8H2,1-3H3,(H,22,23). The Morgan fingerprint density at radius 1 is 1.13 bits per heavy atom. The number of hydrogen-bond donors (Lipinski definition) is 1. The molecule has 0 atom stereocenters. The highest BCUT2D eigenvalue weighted by molar-refractivity contribution is 5.82. The Morgan fingerprint density at radius 3 is 2.57 bits per heavy atom. The van der Waals surface area contributed by atoms with E-state index in [1.165, 1.54) is 11.1 Å². The highest BCUT2D eigenvalue weighted by Crippen LogP contribution is 2.27. The van der Waals surface area contributed by atoms with Crippen molar-refractivity contribution in [2.75, 3.05) is 0 Å². The summed E-state index contributed by atoms with van der Waals surface area (Å²) in [5, 5.41) is 9.05. The van der Waals surface area contributed by atoms with Gasteiger partial charge in [0.05, 0.1) is 17.5 Å². The van der Waals surface area contributed by atoms with Crippen LogP contribution >= 0.6 is 0 Å². The van der Waals surface area contributed by atoms with Crippen molar-refractivity contribution in [2.45, 2.75) is 33.7 Å². The second-order valence-corrected chi connectivity index (χ2v) is 6.03. The quantitative estimate of drug-likeness (QED) is 0.789. The molecule has 4 nitrogen and oxygen atoms in total. The van der Waals surface area contributed by atoms with Gasteiger partial charge in [-0.15, -0.1) is 0 Å². The van der Waals surface area contributed by atoms with E-state index in [-0.39, 0.29) is 6.42 Å². The molecular weight excluding hydrogens is 288 g/mol. The molecule has 3 rings (SSSR count). The smallest absolute Gasteiger partial charge is 0.305 e. The first-order chi connectivity index (χ1) is 11.0. The zero-order chi connectivity index (χ0) is 16.6. The van der Waals surface area contributed by atoms with Gasteiger partial charge in [-0.2, -0.15) is 0 Å². The van der Waals surface area contributed by atoms with E-state index in [4.69, 9.17) is 10.1 Å². The van der Waals surface area contributed by atoms with Crippen LogP contribution in [-0.2, 0) is 11.3 Å². The average molecular weight is 308 g/mol. The minimum Gasteiger partial charge on any atom is -0.481 e. The number of fused-ring (bicyclic) bond motifs is 1. The van der Waals surface area contributed by atoms with Gasteiger partial charge in [-0.25, -0.2) is 4.98 Å². The number of nitrogens with zero attached hydrogens (tertiary/aromatic N) is 2. The molecule has 0 radical (unpaired) electrons. The highest BCUT2D eigenvalue weighted by atomic mass is 16.4. The maximum Gasteiger partial charge on any atom is 0.305 e. The van der Waals surface area contributed by atoms with Crippen LogP contribution in [0.2, 0.25) is 0 Å². The number of carboxylic acid groups (broad SMARTS) is 1. The van der Waals surface area contributed by atoms with Crippen molar-refractivity contribution in [2.24, 2.45) is 0 Å². The molecule has 0 aliphatic rings. The number of aryl methyl sites for hydroxylation is 4. The SMILES string of the molecule is Cc1cccc(-c2nc3cc(C)c(C)cc3n2CCC(=O)O)c1. The molecule has 1 heterocycles.